The average Bonchev–Trinajstić information content (AvgIpc) is 2.73. The predicted octanol–water partition coefficient (Wildman–Crippen LogP) is 4.25. The Bertz CT molecular complexity index is 953. The molecular formula is C23H30Cl2N6. The maximum atomic E-state index is 6.27. The van der Waals surface area contributed by atoms with E-state index in [1.54, 1.807) is 0 Å². The molecule has 4 rings (SSSR count). The van der Waals surface area contributed by atoms with Gasteiger partial charge in [-0.15, -0.1) is 0 Å². The summed E-state index contributed by atoms with van der Waals surface area (Å²) in [6, 6.07) is 9.88. The number of nitrogens with zero attached hydrogens (tertiary/aromatic N) is 5. The number of benzene rings is 1. The van der Waals surface area contributed by atoms with E-state index in [9.17, 15) is 0 Å². The number of rotatable bonds is 5. The first-order chi connectivity index (χ1) is 14.9. The molecule has 3 heterocycles. The standard InChI is InChI=1S/C23H30Cl2N6/c1-29(2)11-12-31-20-16-26-21(25)14-19(20)28-23(7-9-30(3)10-8-23)22(31)27-15-17-5-4-6-18(24)13-17/h4-6,13-14,16,28H,7-12,15H2,1-3H3/b27-22+. The molecule has 0 unspecified atom stereocenters. The number of aliphatic imine (C=N–C) groups is 1. The van der Waals surface area contributed by atoms with Gasteiger partial charge in [-0.25, -0.2) is 4.98 Å². The van der Waals surface area contributed by atoms with Gasteiger partial charge in [0.1, 0.15) is 11.0 Å². The highest BCUT2D eigenvalue weighted by Gasteiger charge is 2.45. The van der Waals surface area contributed by atoms with Crippen LogP contribution in [-0.2, 0) is 6.54 Å². The topological polar surface area (TPSA) is 47.0 Å². The molecular weight excluding hydrogens is 431 g/mol. The molecule has 1 aromatic heterocycles. The molecule has 8 heteroatoms. The average molecular weight is 461 g/mol. The Morgan fingerprint density at radius 3 is 2.68 bits per heavy atom. The molecule has 2 aromatic rings. The number of likely N-dealkylation sites (N-methyl/N-ethyl adjacent to an activating group) is 1. The highest BCUT2D eigenvalue weighted by Crippen LogP contribution is 2.41. The van der Waals surface area contributed by atoms with E-state index in [1.165, 1.54) is 0 Å². The number of anilines is 2. The molecule has 2 aliphatic heterocycles. The molecule has 0 atom stereocenters. The first-order valence-electron chi connectivity index (χ1n) is 10.7. The molecule has 1 spiro atoms. The number of fused-ring (bicyclic) bond motifs is 1. The third-order valence-corrected chi connectivity index (χ3v) is 6.55. The lowest BCUT2D eigenvalue weighted by Crippen LogP contribution is -2.62. The number of piperidine rings is 1. The number of halogens is 2. The lowest BCUT2D eigenvalue weighted by atomic mass is 9.83. The van der Waals surface area contributed by atoms with E-state index in [4.69, 9.17) is 28.2 Å². The van der Waals surface area contributed by atoms with Gasteiger partial charge in [-0.2, -0.15) is 0 Å². The Hall–Kier alpha value is -1.86. The summed E-state index contributed by atoms with van der Waals surface area (Å²) in [6.07, 6.45) is 3.82. The third kappa shape index (κ3) is 4.98. The van der Waals surface area contributed by atoms with Crippen LogP contribution in [0.1, 0.15) is 18.4 Å². The quantitative estimate of drug-likeness (QED) is 0.675. The maximum Gasteiger partial charge on any atom is 0.131 e. The van der Waals surface area contributed by atoms with Crippen LogP contribution in [0, 0.1) is 0 Å². The summed E-state index contributed by atoms with van der Waals surface area (Å²) in [6.45, 7) is 4.35. The Labute approximate surface area is 194 Å². The van der Waals surface area contributed by atoms with Crippen molar-refractivity contribution in [2.24, 2.45) is 4.99 Å². The zero-order valence-electron chi connectivity index (χ0n) is 18.4. The fourth-order valence-electron chi connectivity index (χ4n) is 4.34. The van der Waals surface area contributed by atoms with Crippen molar-refractivity contribution in [3.63, 3.8) is 0 Å². The van der Waals surface area contributed by atoms with Gasteiger partial charge in [0.05, 0.1) is 29.7 Å². The van der Waals surface area contributed by atoms with Crippen LogP contribution in [-0.4, -0.2) is 73.5 Å². The SMILES string of the molecule is CN(C)CCN1/C(=N/Cc2cccc(Cl)c2)C2(CCN(C)CC2)Nc2cc(Cl)ncc21. The predicted molar refractivity (Wildman–Crippen MR) is 131 cm³/mol. The largest absolute Gasteiger partial charge is 0.371 e. The Kier molecular flexibility index (Phi) is 6.72. The summed E-state index contributed by atoms with van der Waals surface area (Å²) in [7, 11) is 6.37. The highest BCUT2D eigenvalue weighted by atomic mass is 35.5. The number of aromatic nitrogens is 1. The van der Waals surface area contributed by atoms with E-state index < -0.39 is 0 Å². The second-order valence-electron chi connectivity index (χ2n) is 8.76. The number of likely N-dealkylation sites (tertiary alicyclic amines) is 1. The van der Waals surface area contributed by atoms with E-state index in [-0.39, 0.29) is 5.54 Å². The summed E-state index contributed by atoms with van der Waals surface area (Å²) in [4.78, 5) is 16.5. The van der Waals surface area contributed by atoms with Gasteiger partial charge < -0.3 is 20.0 Å². The van der Waals surface area contributed by atoms with Gasteiger partial charge in [-0.05, 0) is 51.7 Å². The minimum absolute atomic E-state index is 0.227. The van der Waals surface area contributed by atoms with Crippen LogP contribution in [0.2, 0.25) is 10.2 Å². The fourth-order valence-corrected chi connectivity index (χ4v) is 4.71. The molecule has 6 nitrogen and oxygen atoms in total. The lowest BCUT2D eigenvalue weighted by Gasteiger charge is -2.50. The summed E-state index contributed by atoms with van der Waals surface area (Å²) in [5.41, 5.74) is 2.94. The molecule has 1 N–H and O–H groups in total. The van der Waals surface area contributed by atoms with Gasteiger partial charge in [-0.1, -0.05) is 35.3 Å². The van der Waals surface area contributed by atoms with Crippen molar-refractivity contribution < 1.29 is 0 Å². The van der Waals surface area contributed by atoms with E-state index in [0.717, 1.165) is 66.8 Å². The van der Waals surface area contributed by atoms with Crippen molar-refractivity contribution >= 4 is 40.4 Å². The maximum absolute atomic E-state index is 6.27. The monoisotopic (exact) mass is 460 g/mol. The fraction of sp³-hybridized carbons (Fsp3) is 0.478. The molecule has 1 fully saturated rings. The molecule has 166 valence electrons. The zero-order valence-corrected chi connectivity index (χ0v) is 19.9. The number of amidine groups is 1. The normalized spacial score (nSPS) is 19.7. The Morgan fingerprint density at radius 1 is 1.19 bits per heavy atom. The van der Waals surface area contributed by atoms with Crippen LogP contribution < -0.4 is 10.2 Å². The smallest absolute Gasteiger partial charge is 0.131 e. The van der Waals surface area contributed by atoms with Gasteiger partial charge >= 0.3 is 0 Å². The highest BCUT2D eigenvalue weighted by molar-refractivity contribution is 6.30. The van der Waals surface area contributed by atoms with Crippen molar-refractivity contribution in [3.05, 3.63) is 52.3 Å². The first kappa shape index (κ1) is 22.3. The Morgan fingerprint density at radius 2 is 1.97 bits per heavy atom. The molecule has 1 saturated heterocycles. The first-order valence-corrected chi connectivity index (χ1v) is 11.5. The summed E-state index contributed by atoms with van der Waals surface area (Å²) in [5.74, 6) is 1.08. The summed E-state index contributed by atoms with van der Waals surface area (Å²) < 4.78 is 0. The third-order valence-electron chi connectivity index (χ3n) is 6.11. The van der Waals surface area contributed by atoms with Crippen LogP contribution in [0.25, 0.3) is 0 Å². The minimum Gasteiger partial charge on any atom is -0.371 e. The van der Waals surface area contributed by atoms with Crippen LogP contribution in [0.15, 0.2) is 41.5 Å². The molecule has 31 heavy (non-hydrogen) atoms. The molecule has 1 aromatic carbocycles. The van der Waals surface area contributed by atoms with Gasteiger partial charge in [-0.3, -0.25) is 4.99 Å². The number of hydrogen-bond donors (Lipinski definition) is 1. The van der Waals surface area contributed by atoms with Crippen LogP contribution in [0.4, 0.5) is 11.4 Å². The van der Waals surface area contributed by atoms with E-state index in [2.05, 4.69) is 52.2 Å². The van der Waals surface area contributed by atoms with Crippen molar-refractivity contribution in [3.8, 4) is 0 Å². The van der Waals surface area contributed by atoms with Crippen molar-refractivity contribution in [2.75, 3.05) is 57.5 Å². The second kappa shape index (κ2) is 9.33. The zero-order chi connectivity index (χ0) is 22.0. The molecule has 0 saturated carbocycles. The summed E-state index contributed by atoms with van der Waals surface area (Å²) in [5, 5.41) is 5.07. The minimum atomic E-state index is -0.227. The second-order valence-corrected chi connectivity index (χ2v) is 9.58. The molecule has 0 bridgehead atoms. The summed E-state index contributed by atoms with van der Waals surface area (Å²) >= 11 is 12.5. The van der Waals surface area contributed by atoms with E-state index in [1.807, 2.05) is 30.5 Å². The van der Waals surface area contributed by atoms with Gasteiger partial charge in [0.15, 0.2) is 0 Å². The number of hydrogen-bond acceptors (Lipinski definition) is 5. The van der Waals surface area contributed by atoms with E-state index in [0.29, 0.717) is 11.7 Å². The molecule has 0 radical (unpaired) electrons. The van der Waals surface area contributed by atoms with Gasteiger partial charge in [0, 0.05) is 37.3 Å². The van der Waals surface area contributed by atoms with Crippen molar-refractivity contribution in [1.82, 2.24) is 14.8 Å². The van der Waals surface area contributed by atoms with Gasteiger partial charge in [0.2, 0.25) is 0 Å². The number of nitrogens with one attached hydrogen (secondary N) is 1. The molecule has 2 aliphatic rings. The Balaban J connectivity index is 1.77. The van der Waals surface area contributed by atoms with Gasteiger partial charge in [0.25, 0.3) is 0 Å². The van der Waals surface area contributed by atoms with E-state index >= 15 is 0 Å². The van der Waals surface area contributed by atoms with Crippen LogP contribution in [0.3, 0.4) is 0 Å². The molecule has 0 amide bonds. The lowest BCUT2D eigenvalue weighted by molar-refractivity contribution is 0.238. The van der Waals surface area contributed by atoms with Crippen LogP contribution >= 0.6 is 23.2 Å². The van der Waals surface area contributed by atoms with Crippen molar-refractivity contribution in [1.29, 1.82) is 0 Å². The number of pyridine rings is 1. The van der Waals surface area contributed by atoms with Crippen LogP contribution in [0.5, 0.6) is 0 Å². The van der Waals surface area contributed by atoms with Crippen molar-refractivity contribution in [2.45, 2.75) is 24.9 Å². The molecule has 0 aliphatic carbocycles.